The van der Waals surface area contributed by atoms with Gasteiger partial charge < -0.3 is 9.47 Å². The molecule has 3 aromatic carbocycles. The van der Waals surface area contributed by atoms with Gasteiger partial charge in [-0.05, 0) is 79.2 Å². The second-order valence-electron chi connectivity index (χ2n) is 8.26. The zero-order valence-corrected chi connectivity index (χ0v) is 24.4. The average molecular weight is 634 g/mol. The molecule has 1 aliphatic rings. The van der Waals surface area contributed by atoms with E-state index in [0.717, 1.165) is 17.5 Å². The molecule has 1 saturated heterocycles. The number of amides is 2. The van der Waals surface area contributed by atoms with Crippen molar-refractivity contribution in [3.05, 3.63) is 91.4 Å². The Bertz CT molecular complexity index is 1440. The van der Waals surface area contributed by atoms with E-state index in [9.17, 15) is 9.59 Å². The molecule has 0 saturated carbocycles. The largest absolute Gasteiger partial charge is 0.490 e. The zero-order valence-electron chi connectivity index (χ0n) is 20.5. The highest BCUT2D eigenvalue weighted by Crippen LogP contribution is 2.36. The van der Waals surface area contributed by atoms with Crippen molar-refractivity contribution < 1.29 is 19.1 Å². The predicted molar refractivity (Wildman–Crippen MR) is 158 cm³/mol. The Labute approximate surface area is 244 Å². The fourth-order valence-electron chi connectivity index (χ4n) is 3.76. The number of benzene rings is 3. The second kappa shape index (κ2) is 12.3. The van der Waals surface area contributed by atoms with Crippen LogP contribution in [0.25, 0.3) is 6.08 Å². The van der Waals surface area contributed by atoms with Gasteiger partial charge in [-0.15, -0.1) is 0 Å². The summed E-state index contributed by atoms with van der Waals surface area (Å²) in [5.41, 5.74) is 2.94. The number of carbonyl (C=O) groups is 2. The van der Waals surface area contributed by atoms with Gasteiger partial charge in [-0.2, -0.15) is 0 Å². The minimum Gasteiger partial charge on any atom is -0.490 e. The molecule has 0 aliphatic carbocycles. The Morgan fingerprint density at radius 2 is 1.71 bits per heavy atom. The van der Waals surface area contributed by atoms with Crippen LogP contribution in [0.4, 0.5) is 5.69 Å². The number of hydrogen-bond donors (Lipinski definition) is 1. The molecule has 0 unspecified atom stereocenters. The highest BCUT2D eigenvalue weighted by Gasteiger charge is 2.34. The van der Waals surface area contributed by atoms with Crippen LogP contribution in [0.15, 0.2) is 64.6 Å². The summed E-state index contributed by atoms with van der Waals surface area (Å²) in [4.78, 5) is 27.5. The lowest BCUT2D eigenvalue weighted by Gasteiger charge is -2.29. The topological polar surface area (TPSA) is 67.9 Å². The monoisotopic (exact) mass is 632 g/mol. The molecule has 0 bridgehead atoms. The van der Waals surface area contributed by atoms with Gasteiger partial charge in [0, 0.05) is 20.1 Å². The first-order valence-corrected chi connectivity index (χ1v) is 13.7. The number of anilines is 1. The van der Waals surface area contributed by atoms with Gasteiger partial charge >= 0.3 is 0 Å². The highest BCUT2D eigenvalue weighted by atomic mass is 79.9. The van der Waals surface area contributed by atoms with Crippen LogP contribution in [-0.2, 0) is 22.6 Å². The number of nitrogens with zero attached hydrogens (tertiary/aromatic N) is 1. The van der Waals surface area contributed by atoms with Crippen molar-refractivity contribution in [2.75, 3.05) is 11.5 Å². The first-order valence-electron chi connectivity index (χ1n) is 11.7. The van der Waals surface area contributed by atoms with Crippen molar-refractivity contribution in [3.63, 3.8) is 0 Å². The van der Waals surface area contributed by atoms with Crippen LogP contribution in [0.2, 0.25) is 10.0 Å². The van der Waals surface area contributed by atoms with Crippen LogP contribution in [0.3, 0.4) is 0 Å². The molecule has 10 heteroatoms. The molecule has 0 radical (unpaired) electrons. The Balaban J connectivity index is 1.65. The molecule has 1 heterocycles. The zero-order chi connectivity index (χ0) is 27.4. The van der Waals surface area contributed by atoms with Gasteiger partial charge in [0.2, 0.25) is 0 Å². The van der Waals surface area contributed by atoms with Gasteiger partial charge in [-0.1, -0.05) is 64.3 Å². The fraction of sp³-hybridized carbons (Fsp3) is 0.179. The molecule has 1 aliphatic heterocycles. The standard InChI is InChI=1S/C28H23BrCl2N2O4S/c1-3-16-5-9-20(10-6-16)33-27(35)21(26(34)32-28(33)38)11-18-12-24(36-4-2)25(14-22(18)29)37-15-17-7-8-19(30)13-23(17)31/h5-14H,3-4,15H2,1-2H3,(H,32,34,38)/b21-11+. The smallest absolute Gasteiger partial charge is 0.270 e. The molecule has 6 nitrogen and oxygen atoms in total. The molecule has 0 atom stereocenters. The van der Waals surface area contributed by atoms with Crippen molar-refractivity contribution in [1.29, 1.82) is 0 Å². The highest BCUT2D eigenvalue weighted by molar-refractivity contribution is 9.10. The second-order valence-corrected chi connectivity index (χ2v) is 10.3. The maximum Gasteiger partial charge on any atom is 0.270 e. The molecule has 2 amide bonds. The van der Waals surface area contributed by atoms with Crippen LogP contribution in [0, 0.1) is 0 Å². The first kappa shape index (κ1) is 28.1. The molecule has 1 N–H and O–H groups in total. The van der Waals surface area contributed by atoms with Crippen LogP contribution in [-0.4, -0.2) is 23.5 Å². The maximum absolute atomic E-state index is 13.4. The number of aryl methyl sites for hydroxylation is 1. The third-order valence-corrected chi connectivity index (χ3v) is 7.32. The molecule has 196 valence electrons. The van der Waals surface area contributed by atoms with Crippen LogP contribution in [0.1, 0.15) is 30.5 Å². The van der Waals surface area contributed by atoms with E-state index in [1.807, 2.05) is 26.0 Å². The molecule has 4 rings (SSSR count). The van der Waals surface area contributed by atoms with Crippen LogP contribution in [0.5, 0.6) is 11.5 Å². The number of nitrogens with one attached hydrogen (secondary N) is 1. The number of thiocarbonyl (C=S) groups is 1. The lowest BCUT2D eigenvalue weighted by atomic mass is 10.1. The van der Waals surface area contributed by atoms with Crippen molar-refractivity contribution in [3.8, 4) is 11.5 Å². The molecule has 3 aromatic rings. The summed E-state index contributed by atoms with van der Waals surface area (Å²) in [5, 5.41) is 3.66. The van der Waals surface area contributed by atoms with Gasteiger partial charge in [0.1, 0.15) is 12.2 Å². The Morgan fingerprint density at radius 3 is 2.37 bits per heavy atom. The Kier molecular flexibility index (Phi) is 9.10. The molecular weight excluding hydrogens is 611 g/mol. The molecular formula is C28H23BrCl2N2O4S. The minimum atomic E-state index is -0.580. The first-order chi connectivity index (χ1) is 18.2. The number of rotatable bonds is 8. The quantitative estimate of drug-likeness (QED) is 0.162. The van der Waals surface area contributed by atoms with E-state index < -0.39 is 11.8 Å². The summed E-state index contributed by atoms with van der Waals surface area (Å²) in [6.45, 7) is 4.46. The minimum absolute atomic E-state index is 0.0278. The third kappa shape index (κ3) is 6.21. The number of ether oxygens (including phenoxy) is 2. The summed E-state index contributed by atoms with van der Waals surface area (Å²) >= 11 is 21.1. The summed E-state index contributed by atoms with van der Waals surface area (Å²) in [7, 11) is 0. The maximum atomic E-state index is 13.4. The number of hydrogen-bond acceptors (Lipinski definition) is 5. The van der Waals surface area contributed by atoms with E-state index in [-0.39, 0.29) is 17.3 Å². The molecule has 38 heavy (non-hydrogen) atoms. The van der Waals surface area contributed by atoms with E-state index in [0.29, 0.717) is 43.9 Å². The van der Waals surface area contributed by atoms with Gasteiger partial charge in [0.25, 0.3) is 11.8 Å². The van der Waals surface area contributed by atoms with Crippen molar-refractivity contribution in [2.24, 2.45) is 0 Å². The van der Waals surface area contributed by atoms with Crippen molar-refractivity contribution >= 4 is 80.0 Å². The predicted octanol–water partition coefficient (Wildman–Crippen LogP) is 7.13. The summed E-state index contributed by atoms with van der Waals surface area (Å²) in [6.07, 6.45) is 2.36. The van der Waals surface area contributed by atoms with E-state index in [1.165, 1.54) is 11.0 Å². The molecule has 1 fully saturated rings. The normalized spacial score (nSPS) is 14.6. The van der Waals surface area contributed by atoms with Crippen LogP contribution >= 0.6 is 51.3 Å². The van der Waals surface area contributed by atoms with Crippen LogP contribution < -0.4 is 19.7 Å². The van der Waals surface area contributed by atoms with E-state index >= 15 is 0 Å². The summed E-state index contributed by atoms with van der Waals surface area (Å²) in [6, 6.07) is 16.1. The summed E-state index contributed by atoms with van der Waals surface area (Å²) in [5.74, 6) is -0.196. The summed E-state index contributed by atoms with van der Waals surface area (Å²) < 4.78 is 12.4. The number of halogens is 3. The Hall–Kier alpha value is -2.91. The lowest BCUT2D eigenvalue weighted by molar-refractivity contribution is -0.122. The molecule has 0 spiro atoms. The van der Waals surface area contributed by atoms with E-state index in [4.69, 9.17) is 44.9 Å². The van der Waals surface area contributed by atoms with Gasteiger partial charge in [-0.3, -0.25) is 19.8 Å². The van der Waals surface area contributed by atoms with Gasteiger partial charge in [0.15, 0.2) is 16.6 Å². The van der Waals surface area contributed by atoms with E-state index in [1.54, 1.807) is 42.5 Å². The fourth-order valence-corrected chi connectivity index (χ4v) is 4.95. The van der Waals surface area contributed by atoms with Crippen molar-refractivity contribution in [1.82, 2.24) is 5.32 Å². The average Bonchev–Trinajstić information content (AvgIpc) is 2.88. The van der Waals surface area contributed by atoms with Gasteiger partial charge in [-0.25, -0.2) is 0 Å². The third-order valence-electron chi connectivity index (χ3n) is 5.77. The SMILES string of the molecule is CCOc1cc(/C=C2\C(=O)NC(=S)N(c3ccc(CC)cc3)C2=O)c(Br)cc1OCc1ccc(Cl)cc1Cl. The molecule has 0 aromatic heterocycles. The van der Waals surface area contributed by atoms with Gasteiger partial charge in [0.05, 0.1) is 12.3 Å². The lowest BCUT2D eigenvalue weighted by Crippen LogP contribution is -2.54. The van der Waals surface area contributed by atoms with E-state index in [2.05, 4.69) is 21.2 Å². The Morgan fingerprint density at radius 1 is 1.00 bits per heavy atom. The number of carbonyl (C=O) groups excluding carboxylic acids is 2. The van der Waals surface area contributed by atoms with Crippen molar-refractivity contribution in [2.45, 2.75) is 26.9 Å².